The fourth-order valence-electron chi connectivity index (χ4n) is 9.88. The highest BCUT2D eigenvalue weighted by Crippen LogP contribution is 2.41. The molecule has 0 aliphatic carbocycles. The van der Waals surface area contributed by atoms with E-state index in [-0.39, 0.29) is 77.9 Å². The lowest BCUT2D eigenvalue weighted by atomic mass is 9.87. The summed E-state index contributed by atoms with van der Waals surface area (Å²) in [6, 6.07) is 29.5. The number of carbonyl (C=O) groups excluding carboxylic acids is 3. The van der Waals surface area contributed by atoms with E-state index in [1.807, 2.05) is 13.8 Å². The zero-order valence-electron chi connectivity index (χ0n) is 49.0. The van der Waals surface area contributed by atoms with Crippen LogP contribution in [0.1, 0.15) is 55.5 Å². The molecule has 14 rings (SSSR count). The average Bonchev–Trinajstić information content (AvgIpc) is 1.63. The Bertz CT molecular complexity index is 4800. The second-order valence-electron chi connectivity index (χ2n) is 21.9. The summed E-state index contributed by atoms with van der Waals surface area (Å²) in [5, 5.41) is 33.4. The number of alkyl halides is 3. The number of carbonyl (C=O) groups is 3. The minimum atomic E-state index is -2.18. The van der Waals surface area contributed by atoms with Crippen molar-refractivity contribution in [2.75, 3.05) is 27.4 Å². The van der Waals surface area contributed by atoms with Gasteiger partial charge in [-0.15, -0.1) is 0 Å². The Morgan fingerprint density at radius 1 is 0.538 bits per heavy atom. The van der Waals surface area contributed by atoms with Gasteiger partial charge < -0.3 is 41.0 Å². The molecule has 3 amide bonds. The lowest BCUT2D eigenvalue weighted by Gasteiger charge is -2.15. The average molecular weight is 1320 g/mol. The number of nitrogens with zero attached hydrogens (tertiary/aromatic N) is 15. The molecule has 0 radical (unpaired) electrons. The van der Waals surface area contributed by atoms with Crippen LogP contribution in [0, 0.1) is 17.5 Å². The van der Waals surface area contributed by atoms with E-state index >= 15 is 0 Å². The van der Waals surface area contributed by atoms with Crippen molar-refractivity contribution in [2.24, 2.45) is 0 Å². The Balaban J connectivity index is 0.000000134. The summed E-state index contributed by atoms with van der Waals surface area (Å²) in [6.07, 6.45) is 7.21. The maximum absolute atomic E-state index is 14.2. The van der Waals surface area contributed by atoms with E-state index in [9.17, 15) is 27.6 Å². The Morgan fingerprint density at radius 2 is 0.935 bits per heavy atom. The summed E-state index contributed by atoms with van der Waals surface area (Å²) < 4.78 is 60.1. The summed E-state index contributed by atoms with van der Waals surface area (Å²) in [4.78, 5) is 62.4. The molecule has 0 saturated carbocycles. The molecule has 0 saturated heterocycles. The smallest absolute Gasteiger partial charge is 0.276 e. The van der Waals surface area contributed by atoms with Crippen molar-refractivity contribution < 1.29 is 41.1 Å². The molecule has 7 N–H and O–H groups in total. The van der Waals surface area contributed by atoms with Crippen LogP contribution in [0.5, 0.6) is 0 Å². The largest absolute Gasteiger partial charge is 0.383 e. The van der Waals surface area contributed by atoms with Crippen molar-refractivity contribution in [1.82, 2.24) is 74.7 Å². The van der Waals surface area contributed by atoms with E-state index in [1.165, 1.54) is 43.2 Å². The number of hydrogen-bond acceptors (Lipinski definition) is 20. The summed E-state index contributed by atoms with van der Waals surface area (Å²) in [5.41, 5.74) is 17.9. The Morgan fingerprint density at radius 3 is 1.37 bits per heavy atom. The predicted molar refractivity (Wildman–Crippen MR) is 334 cm³/mol. The van der Waals surface area contributed by atoms with Crippen LogP contribution in [0.4, 0.5) is 42.1 Å². The quantitative estimate of drug-likeness (QED) is 0.0670. The lowest BCUT2D eigenvalue weighted by molar-refractivity contribution is -0.120. The van der Waals surface area contributed by atoms with E-state index in [4.69, 9.17) is 59.8 Å². The molecule has 2 aliphatic rings. The monoisotopic (exact) mass is 1320 g/mol. The number of amides is 3. The van der Waals surface area contributed by atoms with Crippen LogP contribution in [0.15, 0.2) is 154 Å². The number of nitrogens with two attached hydrogens (primary N) is 2. The normalized spacial score (nSPS) is 13.5. The first-order chi connectivity index (χ1) is 44.5. The first kappa shape index (κ1) is 62.0. The molecule has 2 aliphatic heterocycles. The number of nitrogen functional groups attached to an aromatic ring is 2. The second-order valence-corrected chi connectivity index (χ2v) is 24.1. The zero-order valence-corrected chi connectivity index (χ0v) is 51.2. The summed E-state index contributed by atoms with van der Waals surface area (Å²) >= 11 is 16.6. The minimum absolute atomic E-state index is 0.0626. The number of nitrogens with one attached hydrogen (secondary N) is 3. The number of aromatic nitrogens is 15. The molecule has 0 fully saturated rings. The molecule has 9 aromatic heterocycles. The molecule has 3 aromatic carbocycles. The van der Waals surface area contributed by atoms with Crippen molar-refractivity contribution in [1.29, 1.82) is 0 Å². The Labute approximate surface area is 538 Å². The van der Waals surface area contributed by atoms with Crippen LogP contribution >= 0.6 is 34.8 Å². The molecule has 0 bridgehead atoms. The van der Waals surface area contributed by atoms with Crippen LogP contribution in [0.2, 0.25) is 0 Å². The third-order valence-corrected chi connectivity index (χ3v) is 15.4. The van der Waals surface area contributed by atoms with Gasteiger partial charge in [0.05, 0.1) is 59.3 Å². The van der Waals surface area contributed by atoms with Gasteiger partial charge in [-0.3, -0.25) is 28.4 Å². The van der Waals surface area contributed by atoms with Gasteiger partial charge in [0.15, 0.2) is 23.3 Å². The molecule has 12 aromatic rings. The number of anilines is 5. The topological polar surface area (TPSA) is 348 Å². The molecule has 11 heterocycles. The van der Waals surface area contributed by atoms with Crippen molar-refractivity contribution in [2.45, 2.75) is 62.0 Å². The van der Waals surface area contributed by atoms with Gasteiger partial charge in [0.2, 0.25) is 11.8 Å². The predicted octanol–water partition coefficient (Wildman–Crippen LogP) is 10.5. The van der Waals surface area contributed by atoms with Gasteiger partial charge in [-0.05, 0) is 64.1 Å². The van der Waals surface area contributed by atoms with Gasteiger partial charge in [-0.1, -0.05) is 105 Å². The van der Waals surface area contributed by atoms with Gasteiger partial charge >= 0.3 is 0 Å². The first-order valence-corrected chi connectivity index (χ1v) is 29.0. The van der Waals surface area contributed by atoms with Crippen LogP contribution in [0.3, 0.4) is 0 Å². The summed E-state index contributed by atoms with van der Waals surface area (Å²) in [6.45, 7) is 7.66. The zero-order chi connectivity index (χ0) is 65.5. The number of halogens is 6. The SMILES string of the molecule is CC1(C)C(=O)Nc2nc(-c3cc(-c4ccon4)n(Cc4ccccc4F)n3)nc(N)c21.CC1(C)C(=O)Nc2nc(-c3cc(-c4ccon4)n(Cc4ccccc4F)n3)ncc21.Nc1nc(-c2cc(-c3ccon3)n(Cc3ccccc3F)n2)ncc1NC(=O)C(Cl)(Cl)Cl. The van der Waals surface area contributed by atoms with E-state index in [1.54, 1.807) is 125 Å². The molecular formula is C61H48Cl3F3N20O6. The standard InChI is InChI=1S/C21H18FN7O2.C21H17FN6O2.C19H13Cl3FN7O2/c1-21(2)16-17(23)24-18(25-19(16)26-20(21)30)14-9-15(13-7-8-31-28-13)29(27-14)10-11-5-3-4-6-12(11)22;1-21(2)13-10-23-19(24-18(13)25-20(21)29)16-9-17(15-7-8-30-27-15)28(26-16)11-12-5-3-4-6-14(12)22;20-19(21,22)18(31)26-14-8-25-17(27-16(14)24)13-7-15(12-5-6-32-29-12)30(28-13)9-10-3-1-2-4-11(10)23/h3-9H,10H2,1-2H3,(H3,23,24,25,26,30);3-10H,11H2,1-2H3,(H,23,24,25,29);1-8H,9H2,(H,26,31)(H2,24,25,27). The molecular weight excluding hydrogens is 1270 g/mol. The van der Waals surface area contributed by atoms with E-state index in [0.717, 1.165) is 5.56 Å². The Kier molecular flexibility index (Phi) is 16.6. The number of rotatable bonds is 13. The molecule has 470 valence electrons. The van der Waals surface area contributed by atoms with Crippen molar-refractivity contribution in [3.05, 3.63) is 186 Å². The van der Waals surface area contributed by atoms with Gasteiger partial charge in [0.1, 0.15) is 93.5 Å². The van der Waals surface area contributed by atoms with E-state index < -0.39 is 20.5 Å². The molecule has 0 unspecified atom stereocenters. The third kappa shape index (κ3) is 12.7. The first-order valence-electron chi connectivity index (χ1n) is 27.9. The van der Waals surface area contributed by atoms with Crippen molar-refractivity contribution >= 4 is 81.5 Å². The number of fused-ring (bicyclic) bond motifs is 2. The maximum atomic E-state index is 14.2. The van der Waals surface area contributed by atoms with E-state index in [0.29, 0.717) is 91.0 Å². The lowest BCUT2D eigenvalue weighted by Crippen LogP contribution is -2.27. The van der Waals surface area contributed by atoms with Gasteiger partial charge in [-0.25, -0.2) is 43.1 Å². The Hall–Kier alpha value is -11.2. The fraction of sp³-hybridized carbons (Fsp3) is 0.164. The molecule has 0 spiro atoms. The summed E-state index contributed by atoms with van der Waals surface area (Å²) in [7, 11) is 0. The highest BCUT2D eigenvalue weighted by molar-refractivity contribution is 6.76. The fourth-order valence-corrected chi connectivity index (χ4v) is 10.0. The van der Waals surface area contributed by atoms with Crippen LogP contribution in [-0.4, -0.2) is 96.2 Å². The van der Waals surface area contributed by atoms with Crippen LogP contribution in [0.25, 0.3) is 68.7 Å². The minimum Gasteiger partial charge on any atom is -0.383 e. The molecule has 93 heavy (non-hydrogen) atoms. The summed E-state index contributed by atoms with van der Waals surface area (Å²) in [5.74, 6) is -0.538. The maximum Gasteiger partial charge on any atom is 0.276 e. The number of hydrogen-bond donors (Lipinski definition) is 5. The molecule has 32 heteroatoms. The number of benzene rings is 3. The van der Waals surface area contributed by atoms with Gasteiger partial charge in [0.25, 0.3) is 9.70 Å². The van der Waals surface area contributed by atoms with Crippen LogP contribution in [-0.2, 0) is 44.8 Å². The highest BCUT2D eigenvalue weighted by atomic mass is 35.6. The van der Waals surface area contributed by atoms with Crippen molar-refractivity contribution in [3.8, 4) is 68.7 Å². The third-order valence-electron chi connectivity index (χ3n) is 14.9. The second kappa shape index (κ2) is 24.9. The van der Waals surface area contributed by atoms with Gasteiger partial charge in [0, 0.05) is 46.6 Å². The van der Waals surface area contributed by atoms with Gasteiger partial charge in [-0.2, -0.15) is 15.3 Å². The molecule has 0 atom stereocenters. The van der Waals surface area contributed by atoms with Crippen molar-refractivity contribution in [3.63, 3.8) is 0 Å². The molecule has 26 nitrogen and oxygen atoms in total. The van der Waals surface area contributed by atoms with E-state index in [2.05, 4.69) is 76.6 Å². The highest BCUT2D eigenvalue weighted by Gasteiger charge is 2.43. The van der Waals surface area contributed by atoms with Crippen LogP contribution < -0.4 is 27.4 Å².